The molecule has 0 aromatic carbocycles. The highest BCUT2D eigenvalue weighted by Crippen LogP contribution is 2.25. The first-order chi connectivity index (χ1) is 7.68. The second-order valence-corrected chi connectivity index (χ2v) is 5.09. The van der Waals surface area contributed by atoms with E-state index in [1.807, 2.05) is 19.0 Å². The van der Waals surface area contributed by atoms with Gasteiger partial charge in [-0.1, -0.05) is 25.7 Å². The van der Waals surface area contributed by atoms with Gasteiger partial charge < -0.3 is 9.64 Å². The highest BCUT2D eigenvalue weighted by atomic mass is 16.5. The summed E-state index contributed by atoms with van der Waals surface area (Å²) in [6.45, 7) is 1.34. The fourth-order valence-electron chi connectivity index (χ4n) is 2.20. The van der Waals surface area contributed by atoms with Gasteiger partial charge in [0.2, 0.25) is 0 Å². The highest BCUT2D eigenvalue weighted by molar-refractivity contribution is 5.69. The lowest BCUT2D eigenvalue weighted by Gasteiger charge is -2.14. The fraction of sp³-hybridized carbons (Fsp3) is 0.923. The second kappa shape index (κ2) is 7.66. The van der Waals surface area contributed by atoms with E-state index >= 15 is 0 Å². The van der Waals surface area contributed by atoms with Gasteiger partial charge in [-0.25, -0.2) is 0 Å². The van der Waals surface area contributed by atoms with Crippen molar-refractivity contribution in [2.24, 2.45) is 5.92 Å². The van der Waals surface area contributed by atoms with Crippen LogP contribution in [0.25, 0.3) is 0 Å². The molecule has 1 rings (SSSR count). The van der Waals surface area contributed by atoms with Crippen LogP contribution in [-0.2, 0) is 9.53 Å². The highest BCUT2D eigenvalue weighted by Gasteiger charge is 2.16. The summed E-state index contributed by atoms with van der Waals surface area (Å²) < 4.78 is 5.22. The molecule has 16 heavy (non-hydrogen) atoms. The van der Waals surface area contributed by atoms with E-state index in [4.69, 9.17) is 4.74 Å². The summed E-state index contributed by atoms with van der Waals surface area (Å²) in [5.74, 6) is 0.572. The minimum absolute atomic E-state index is 0.00579. The molecule has 3 nitrogen and oxygen atoms in total. The quantitative estimate of drug-likeness (QED) is 0.534. The Labute approximate surface area is 99.1 Å². The van der Waals surface area contributed by atoms with E-state index in [0.717, 1.165) is 6.54 Å². The lowest BCUT2D eigenvalue weighted by molar-refractivity contribution is -0.145. The van der Waals surface area contributed by atoms with E-state index < -0.39 is 0 Å². The molecule has 0 spiro atoms. The standard InChI is InChI=1S/C13H25NO2/c1-14(2)9-10-16-13(15)11-12-7-5-3-4-6-8-12/h12H,3-11H2,1-2H3. The van der Waals surface area contributed by atoms with E-state index in [1.165, 1.54) is 38.5 Å². The lowest BCUT2D eigenvalue weighted by Crippen LogP contribution is -2.21. The Morgan fingerprint density at radius 2 is 1.81 bits per heavy atom. The van der Waals surface area contributed by atoms with Gasteiger partial charge in [-0.05, 0) is 32.9 Å². The van der Waals surface area contributed by atoms with Crippen LogP contribution in [0.3, 0.4) is 0 Å². The van der Waals surface area contributed by atoms with Crippen LogP contribution in [0.15, 0.2) is 0 Å². The molecular formula is C13H25NO2. The first kappa shape index (κ1) is 13.5. The summed E-state index contributed by atoms with van der Waals surface area (Å²) in [5.41, 5.74) is 0. The molecule has 0 bridgehead atoms. The van der Waals surface area contributed by atoms with Gasteiger partial charge in [-0.3, -0.25) is 4.79 Å². The Morgan fingerprint density at radius 3 is 2.38 bits per heavy atom. The lowest BCUT2D eigenvalue weighted by atomic mass is 9.97. The van der Waals surface area contributed by atoms with Crippen LogP contribution < -0.4 is 0 Å². The van der Waals surface area contributed by atoms with Crippen molar-refractivity contribution in [2.75, 3.05) is 27.2 Å². The molecule has 0 aromatic rings. The summed E-state index contributed by atoms with van der Waals surface area (Å²) in [6, 6.07) is 0. The average molecular weight is 227 g/mol. The van der Waals surface area contributed by atoms with Crippen molar-refractivity contribution in [2.45, 2.75) is 44.9 Å². The first-order valence-electron chi connectivity index (χ1n) is 6.49. The number of nitrogens with zero attached hydrogens (tertiary/aromatic N) is 1. The van der Waals surface area contributed by atoms with Crippen LogP contribution in [0.4, 0.5) is 0 Å². The second-order valence-electron chi connectivity index (χ2n) is 5.09. The predicted octanol–water partition coefficient (Wildman–Crippen LogP) is 2.45. The molecule has 0 aromatic heterocycles. The Kier molecular flexibility index (Phi) is 6.46. The molecule has 1 fully saturated rings. The number of hydrogen-bond donors (Lipinski definition) is 0. The maximum absolute atomic E-state index is 11.6. The maximum Gasteiger partial charge on any atom is 0.306 e. The van der Waals surface area contributed by atoms with Crippen molar-refractivity contribution in [3.63, 3.8) is 0 Å². The van der Waals surface area contributed by atoms with Gasteiger partial charge in [0.1, 0.15) is 6.61 Å². The third-order valence-electron chi connectivity index (χ3n) is 3.23. The summed E-state index contributed by atoms with van der Waals surface area (Å²) >= 11 is 0. The Hall–Kier alpha value is -0.570. The van der Waals surface area contributed by atoms with E-state index in [9.17, 15) is 4.79 Å². The minimum Gasteiger partial charge on any atom is -0.464 e. The molecule has 1 aliphatic carbocycles. The van der Waals surface area contributed by atoms with Crippen LogP contribution >= 0.6 is 0 Å². The Balaban J connectivity index is 2.12. The van der Waals surface area contributed by atoms with Crippen LogP contribution in [0.5, 0.6) is 0 Å². The zero-order chi connectivity index (χ0) is 11.8. The molecule has 1 saturated carbocycles. The fourth-order valence-corrected chi connectivity index (χ4v) is 2.20. The van der Waals surface area contributed by atoms with Gasteiger partial charge in [0.25, 0.3) is 0 Å². The number of ether oxygens (including phenoxy) is 1. The van der Waals surface area contributed by atoms with Gasteiger partial charge in [0, 0.05) is 13.0 Å². The van der Waals surface area contributed by atoms with E-state index in [0.29, 0.717) is 18.9 Å². The summed E-state index contributed by atoms with van der Waals surface area (Å²) in [5, 5.41) is 0. The Bertz CT molecular complexity index is 196. The van der Waals surface area contributed by atoms with Crippen LogP contribution in [-0.4, -0.2) is 38.1 Å². The summed E-state index contributed by atoms with van der Waals surface area (Å²) in [4.78, 5) is 13.6. The molecule has 0 saturated heterocycles. The summed E-state index contributed by atoms with van der Waals surface area (Å²) in [7, 11) is 3.97. The van der Waals surface area contributed by atoms with Crippen LogP contribution in [0, 0.1) is 5.92 Å². The number of likely N-dealkylation sites (N-methyl/N-ethyl adjacent to an activating group) is 1. The monoisotopic (exact) mass is 227 g/mol. The van der Waals surface area contributed by atoms with Crippen molar-refractivity contribution < 1.29 is 9.53 Å². The predicted molar refractivity (Wildman–Crippen MR) is 65.3 cm³/mol. The van der Waals surface area contributed by atoms with Crippen molar-refractivity contribution in [1.29, 1.82) is 0 Å². The zero-order valence-corrected chi connectivity index (χ0v) is 10.7. The molecule has 0 heterocycles. The van der Waals surface area contributed by atoms with E-state index in [1.54, 1.807) is 0 Å². The van der Waals surface area contributed by atoms with Gasteiger partial charge in [-0.2, -0.15) is 0 Å². The normalized spacial score (nSPS) is 18.4. The van der Waals surface area contributed by atoms with Gasteiger partial charge in [-0.15, -0.1) is 0 Å². The topological polar surface area (TPSA) is 29.5 Å². The third kappa shape index (κ3) is 6.11. The smallest absolute Gasteiger partial charge is 0.306 e. The van der Waals surface area contributed by atoms with Crippen molar-refractivity contribution in [3.8, 4) is 0 Å². The minimum atomic E-state index is -0.00579. The molecule has 0 radical (unpaired) electrons. The number of rotatable bonds is 5. The molecule has 0 unspecified atom stereocenters. The number of carbonyl (C=O) groups is 1. The zero-order valence-electron chi connectivity index (χ0n) is 10.7. The molecule has 0 atom stereocenters. The first-order valence-corrected chi connectivity index (χ1v) is 6.49. The number of esters is 1. The molecule has 94 valence electrons. The number of carbonyl (C=O) groups excluding carboxylic acids is 1. The maximum atomic E-state index is 11.6. The van der Waals surface area contributed by atoms with Crippen molar-refractivity contribution in [3.05, 3.63) is 0 Å². The third-order valence-corrected chi connectivity index (χ3v) is 3.23. The van der Waals surface area contributed by atoms with E-state index in [2.05, 4.69) is 0 Å². The molecule has 1 aliphatic rings. The van der Waals surface area contributed by atoms with Crippen LogP contribution in [0.2, 0.25) is 0 Å². The Morgan fingerprint density at radius 1 is 1.19 bits per heavy atom. The van der Waals surface area contributed by atoms with E-state index in [-0.39, 0.29) is 5.97 Å². The summed E-state index contributed by atoms with van der Waals surface area (Å²) in [6.07, 6.45) is 8.31. The average Bonchev–Trinajstić information content (AvgIpc) is 2.45. The van der Waals surface area contributed by atoms with Gasteiger partial charge in [0.15, 0.2) is 0 Å². The van der Waals surface area contributed by atoms with Crippen molar-refractivity contribution in [1.82, 2.24) is 4.90 Å². The largest absolute Gasteiger partial charge is 0.464 e. The molecular weight excluding hydrogens is 202 g/mol. The number of hydrogen-bond acceptors (Lipinski definition) is 3. The van der Waals surface area contributed by atoms with Gasteiger partial charge >= 0.3 is 5.97 Å². The SMILES string of the molecule is CN(C)CCOC(=O)CC1CCCCCC1. The molecule has 0 N–H and O–H groups in total. The van der Waals surface area contributed by atoms with Crippen LogP contribution in [0.1, 0.15) is 44.9 Å². The van der Waals surface area contributed by atoms with Gasteiger partial charge in [0.05, 0.1) is 0 Å². The molecule has 0 amide bonds. The van der Waals surface area contributed by atoms with Crippen molar-refractivity contribution >= 4 is 5.97 Å². The molecule has 3 heteroatoms. The molecule has 0 aliphatic heterocycles.